The SMILES string of the molecule is CC[C@@H](C(=O)Nc1nccs1)N1CCC(CNC(=O)C2CCC2)CC1. The van der Waals surface area contributed by atoms with Crippen LogP contribution in [0, 0.1) is 11.8 Å². The maximum atomic E-state index is 12.5. The van der Waals surface area contributed by atoms with Crippen molar-refractivity contribution in [3.63, 3.8) is 0 Å². The number of hydrogen-bond acceptors (Lipinski definition) is 5. The highest BCUT2D eigenvalue weighted by molar-refractivity contribution is 7.13. The maximum absolute atomic E-state index is 12.5. The zero-order chi connectivity index (χ0) is 17.6. The first-order valence-electron chi connectivity index (χ1n) is 9.39. The third-order valence-electron chi connectivity index (χ3n) is 5.48. The van der Waals surface area contributed by atoms with Gasteiger partial charge in [0.1, 0.15) is 0 Å². The summed E-state index contributed by atoms with van der Waals surface area (Å²) in [5, 5.41) is 8.56. The molecule has 1 aliphatic carbocycles. The Kier molecular flexibility index (Phi) is 6.42. The summed E-state index contributed by atoms with van der Waals surface area (Å²) in [6, 6.07) is -0.102. The van der Waals surface area contributed by atoms with Crippen molar-refractivity contribution < 1.29 is 9.59 Å². The maximum Gasteiger partial charge on any atom is 0.243 e. The molecule has 0 aromatic carbocycles. The average Bonchev–Trinajstić information content (AvgIpc) is 3.06. The van der Waals surface area contributed by atoms with Crippen LogP contribution >= 0.6 is 11.3 Å². The Morgan fingerprint density at radius 2 is 2.08 bits per heavy atom. The molecule has 0 bridgehead atoms. The molecular formula is C18H28N4O2S. The second kappa shape index (κ2) is 8.76. The zero-order valence-corrected chi connectivity index (χ0v) is 15.7. The van der Waals surface area contributed by atoms with E-state index in [-0.39, 0.29) is 23.8 Å². The van der Waals surface area contributed by atoms with E-state index >= 15 is 0 Å². The minimum atomic E-state index is -0.102. The largest absolute Gasteiger partial charge is 0.356 e. The lowest BCUT2D eigenvalue weighted by molar-refractivity contribution is -0.127. The predicted molar refractivity (Wildman–Crippen MR) is 99.5 cm³/mol. The van der Waals surface area contributed by atoms with Gasteiger partial charge in [-0.2, -0.15) is 0 Å². The molecule has 2 fully saturated rings. The van der Waals surface area contributed by atoms with Gasteiger partial charge >= 0.3 is 0 Å². The fourth-order valence-corrected chi connectivity index (χ4v) is 4.14. The molecule has 1 saturated heterocycles. The number of nitrogens with zero attached hydrogens (tertiary/aromatic N) is 2. The molecule has 7 heteroatoms. The first-order valence-corrected chi connectivity index (χ1v) is 10.3. The molecule has 6 nitrogen and oxygen atoms in total. The fourth-order valence-electron chi connectivity index (χ4n) is 3.61. The van der Waals surface area contributed by atoms with Crippen LogP contribution in [-0.4, -0.2) is 47.4 Å². The molecule has 138 valence electrons. The normalized spacial score (nSPS) is 20.7. The lowest BCUT2D eigenvalue weighted by atomic mass is 9.84. The van der Waals surface area contributed by atoms with Crippen molar-refractivity contribution in [1.82, 2.24) is 15.2 Å². The summed E-state index contributed by atoms with van der Waals surface area (Å²) in [6.07, 6.45) is 7.86. The van der Waals surface area contributed by atoms with Gasteiger partial charge in [-0.15, -0.1) is 11.3 Å². The third-order valence-corrected chi connectivity index (χ3v) is 6.17. The molecule has 1 aliphatic heterocycles. The van der Waals surface area contributed by atoms with Crippen LogP contribution in [0.5, 0.6) is 0 Å². The van der Waals surface area contributed by atoms with Crippen LogP contribution in [0.4, 0.5) is 5.13 Å². The summed E-state index contributed by atoms with van der Waals surface area (Å²) < 4.78 is 0. The molecule has 2 amide bonds. The summed E-state index contributed by atoms with van der Waals surface area (Å²) >= 11 is 1.44. The van der Waals surface area contributed by atoms with Crippen molar-refractivity contribution >= 4 is 28.3 Å². The molecule has 0 radical (unpaired) electrons. The summed E-state index contributed by atoms with van der Waals surface area (Å²) in [5.41, 5.74) is 0. The summed E-state index contributed by atoms with van der Waals surface area (Å²) in [7, 11) is 0. The summed E-state index contributed by atoms with van der Waals surface area (Å²) in [5.74, 6) is 1.07. The molecule has 1 aromatic heterocycles. The molecule has 2 heterocycles. The second-order valence-corrected chi connectivity index (χ2v) is 8.00. The van der Waals surface area contributed by atoms with E-state index in [0.717, 1.165) is 51.7 Å². The number of hydrogen-bond donors (Lipinski definition) is 2. The first kappa shape index (κ1) is 18.3. The van der Waals surface area contributed by atoms with E-state index in [1.54, 1.807) is 6.20 Å². The highest BCUT2D eigenvalue weighted by Gasteiger charge is 2.30. The van der Waals surface area contributed by atoms with Crippen molar-refractivity contribution in [2.24, 2.45) is 11.8 Å². The van der Waals surface area contributed by atoms with E-state index < -0.39 is 0 Å². The number of nitrogens with one attached hydrogen (secondary N) is 2. The number of rotatable bonds is 7. The minimum Gasteiger partial charge on any atom is -0.356 e. The molecule has 2 N–H and O–H groups in total. The van der Waals surface area contributed by atoms with Gasteiger partial charge in [-0.3, -0.25) is 14.5 Å². The molecule has 25 heavy (non-hydrogen) atoms. The van der Waals surface area contributed by atoms with Crippen molar-refractivity contribution in [2.45, 2.75) is 51.5 Å². The third kappa shape index (κ3) is 4.79. The van der Waals surface area contributed by atoms with Crippen LogP contribution in [0.15, 0.2) is 11.6 Å². The minimum absolute atomic E-state index is 0.0363. The number of thiazole rings is 1. The van der Waals surface area contributed by atoms with Crippen LogP contribution in [-0.2, 0) is 9.59 Å². The molecule has 1 saturated carbocycles. The molecule has 3 rings (SSSR count). The number of anilines is 1. The smallest absolute Gasteiger partial charge is 0.243 e. The number of amides is 2. The van der Waals surface area contributed by atoms with Gasteiger partial charge in [0.25, 0.3) is 0 Å². The van der Waals surface area contributed by atoms with Crippen molar-refractivity contribution in [1.29, 1.82) is 0 Å². The molecule has 0 unspecified atom stereocenters. The number of aromatic nitrogens is 1. The van der Waals surface area contributed by atoms with Gasteiger partial charge in [0, 0.05) is 24.0 Å². The fraction of sp³-hybridized carbons (Fsp3) is 0.722. The van der Waals surface area contributed by atoms with Crippen LogP contribution in [0.2, 0.25) is 0 Å². The van der Waals surface area contributed by atoms with Gasteiger partial charge in [-0.05, 0) is 51.1 Å². The van der Waals surface area contributed by atoms with Crippen molar-refractivity contribution in [3.8, 4) is 0 Å². The molecule has 0 spiro atoms. The predicted octanol–water partition coefficient (Wildman–Crippen LogP) is 2.49. The lowest BCUT2D eigenvalue weighted by Crippen LogP contribution is -2.48. The number of likely N-dealkylation sites (tertiary alicyclic amines) is 1. The number of carbonyl (C=O) groups excluding carboxylic acids is 2. The van der Waals surface area contributed by atoms with E-state index in [9.17, 15) is 9.59 Å². The van der Waals surface area contributed by atoms with E-state index in [1.165, 1.54) is 17.8 Å². The van der Waals surface area contributed by atoms with Gasteiger partial charge in [0.05, 0.1) is 6.04 Å². The quantitative estimate of drug-likeness (QED) is 0.779. The Labute approximate surface area is 153 Å². The van der Waals surface area contributed by atoms with E-state index in [0.29, 0.717) is 11.0 Å². The molecular weight excluding hydrogens is 336 g/mol. The topological polar surface area (TPSA) is 74.3 Å². The second-order valence-electron chi connectivity index (χ2n) is 7.10. The van der Waals surface area contributed by atoms with Crippen LogP contribution < -0.4 is 10.6 Å². The molecule has 1 aromatic rings. The highest BCUT2D eigenvalue weighted by atomic mass is 32.1. The van der Waals surface area contributed by atoms with Crippen LogP contribution in [0.25, 0.3) is 0 Å². The Bertz CT molecular complexity index is 566. The average molecular weight is 365 g/mol. The summed E-state index contributed by atoms with van der Waals surface area (Å²) in [4.78, 5) is 30.9. The van der Waals surface area contributed by atoms with Gasteiger partial charge in [-0.25, -0.2) is 4.98 Å². The number of carbonyl (C=O) groups is 2. The first-order chi connectivity index (χ1) is 12.2. The van der Waals surface area contributed by atoms with Gasteiger partial charge < -0.3 is 10.6 Å². The summed E-state index contributed by atoms with van der Waals surface area (Å²) in [6.45, 7) is 4.66. The van der Waals surface area contributed by atoms with E-state index in [2.05, 4.69) is 27.4 Å². The van der Waals surface area contributed by atoms with E-state index in [4.69, 9.17) is 0 Å². The van der Waals surface area contributed by atoms with Crippen LogP contribution in [0.1, 0.15) is 45.4 Å². The monoisotopic (exact) mass is 364 g/mol. The van der Waals surface area contributed by atoms with Crippen molar-refractivity contribution in [3.05, 3.63) is 11.6 Å². The number of piperidine rings is 1. The highest BCUT2D eigenvalue weighted by Crippen LogP contribution is 2.26. The van der Waals surface area contributed by atoms with E-state index in [1.807, 2.05) is 5.38 Å². The Hall–Kier alpha value is -1.47. The van der Waals surface area contributed by atoms with Crippen LogP contribution in [0.3, 0.4) is 0 Å². The Balaban J connectivity index is 1.41. The molecule has 1 atom stereocenters. The molecule has 2 aliphatic rings. The van der Waals surface area contributed by atoms with Crippen molar-refractivity contribution in [2.75, 3.05) is 25.0 Å². The lowest BCUT2D eigenvalue weighted by Gasteiger charge is -2.36. The van der Waals surface area contributed by atoms with Gasteiger partial charge in [-0.1, -0.05) is 13.3 Å². The Morgan fingerprint density at radius 1 is 1.32 bits per heavy atom. The van der Waals surface area contributed by atoms with Gasteiger partial charge in [0.2, 0.25) is 11.8 Å². The zero-order valence-electron chi connectivity index (χ0n) is 14.9. The van der Waals surface area contributed by atoms with Gasteiger partial charge in [0.15, 0.2) is 5.13 Å². The standard InChI is InChI=1S/C18H28N4O2S/c1-2-15(17(24)21-18-19-8-11-25-18)22-9-6-13(7-10-22)12-20-16(23)14-4-3-5-14/h8,11,13-15H,2-7,9-10,12H2,1H3,(H,20,23)(H,19,21,24)/t15-/m0/s1. The Morgan fingerprint density at radius 3 is 2.64 bits per heavy atom.